The van der Waals surface area contributed by atoms with Gasteiger partial charge in [0.05, 0.1) is 5.69 Å². The van der Waals surface area contributed by atoms with E-state index in [2.05, 4.69) is 5.10 Å². The quantitative estimate of drug-likeness (QED) is 0.795. The van der Waals surface area contributed by atoms with E-state index in [0.29, 0.717) is 30.6 Å². The Kier molecular flexibility index (Phi) is 3.64. The number of carbonyl (C=O) groups excluding carboxylic acids is 2. The molecule has 1 aromatic carbocycles. The number of halogens is 2. The minimum absolute atomic E-state index is 0.149. The van der Waals surface area contributed by atoms with Gasteiger partial charge in [0.2, 0.25) is 5.91 Å². The molecule has 2 amide bonds. The summed E-state index contributed by atoms with van der Waals surface area (Å²) in [5, 5.41) is 5.14. The monoisotopic (exact) mass is 307 g/mol. The Morgan fingerprint density at radius 3 is 2.64 bits per heavy atom. The molecule has 116 valence electrons. The first kappa shape index (κ1) is 14.6. The van der Waals surface area contributed by atoms with Crippen LogP contribution in [0.5, 0.6) is 0 Å². The highest BCUT2D eigenvalue weighted by atomic mass is 19.2. The van der Waals surface area contributed by atoms with Crippen LogP contribution in [-0.2, 0) is 16.0 Å². The van der Waals surface area contributed by atoms with Gasteiger partial charge in [-0.05, 0) is 24.5 Å². The molecule has 0 N–H and O–H groups in total. The van der Waals surface area contributed by atoms with Gasteiger partial charge in [0.1, 0.15) is 5.71 Å². The van der Waals surface area contributed by atoms with Gasteiger partial charge in [0.15, 0.2) is 11.6 Å². The van der Waals surface area contributed by atoms with Crippen molar-refractivity contribution in [1.82, 2.24) is 5.01 Å². The molecular weight excluding hydrogens is 292 g/mol. The van der Waals surface area contributed by atoms with E-state index in [-0.39, 0.29) is 30.4 Å². The fraction of sp³-hybridized carbons (Fsp3) is 0.400. The van der Waals surface area contributed by atoms with Gasteiger partial charge in [-0.2, -0.15) is 5.10 Å². The molecule has 0 atom stereocenters. The number of nitrogens with zero attached hydrogens (tertiary/aromatic N) is 3. The van der Waals surface area contributed by atoms with Crippen molar-refractivity contribution in [2.75, 3.05) is 18.5 Å². The molecule has 0 saturated carbocycles. The first-order valence-corrected chi connectivity index (χ1v) is 7.11. The fourth-order valence-electron chi connectivity index (χ4n) is 2.77. The predicted octanol–water partition coefficient (Wildman–Crippen LogP) is 1.85. The van der Waals surface area contributed by atoms with Crippen LogP contribution in [0.15, 0.2) is 17.2 Å². The average Bonchev–Trinajstić information content (AvgIpc) is 2.50. The summed E-state index contributed by atoms with van der Waals surface area (Å²) in [6.45, 7) is 0.424. The van der Waals surface area contributed by atoms with Gasteiger partial charge in [0.25, 0.3) is 5.91 Å². The number of hydrogen-bond acceptors (Lipinski definition) is 3. The Labute approximate surface area is 126 Å². The summed E-state index contributed by atoms with van der Waals surface area (Å²) in [6, 6.07) is 2.20. The predicted molar refractivity (Wildman–Crippen MR) is 76.5 cm³/mol. The maximum absolute atomic E-state index is 13.5. The van der Waals surface area contributed by atoms with Crippen molar-refractivity contribution >= 4 is 23.2 Å². The third kappa shape index (κ3) is 2.47. The molecule has 3 rings (SSSR count). The average molecular weight is 307 g/mol. The molecule has 5 nitrogen and oxygen atoms in total. The molecule has 0 aliphatic carbocycles. The molecule has 0 aromatic heterocycles. The van der Waals surface area contributed by atoms with Gasteiger partial charge in [-0.3, -0.25) is 9.59 Å². The van der Waals surface area contributed by atoms with E-state index in [0.717, 1.165) is 17.1 Å². The first-order chi connectivity index (χ1) is 10.5. The van der Waals surface area contributed by atoms with E-state index < -0.39 is 11.6 Å². The molecule has 0 unspecified atom stereocenters. The zero-order valence-electron chi connectivity index (χ0n) is 12.1. The number of amides is 2. The highest BCUT2D eigenvalue weighted by Gasteiger charge is 2.30. The summed E-state index contributed by atoms with van der Waals surface area (Å²) in [6.07, 6.45) is 1.75. The minimum Gasteiger partial charge on any atom is -0.307 e. The Bertz CT molecular complexity index is 688. The molecule has 2 aliphatic rings. The molecule has 0 saturated heterocycles. The van der Waals surface area contributed by atoms with Crippen LogP contribution in [0.25, 0.3) is 0 Å². The number of anilines is 1. The van der Waals surface area contributed by atoms with Crippen molar-refractivity contribution in [1.29, 1.82) is 0 Å². The molecule has 1 aromatic rings. The zero-order valence-corrected chi connectivity index (χ0v) is 12.1. The second kappa shape index (κ2) is 5.47. The lowest BCUT2D eigenvalue weighted by Crippen LogP contribution is -2.43. The van der Waals surface area contributed by atoms with Gasteiger partial charge in [-0.1, -0.05) is 0 Å². The maximum atomic E-state index is 13.5. The van der Waals surface area contributed by atoms with Crippen molar-refractivity contribution in [3.05, 3.63) is 29.3 Å². The SMILES string of the molecule is CN1N=C(C(=O)N2CCCc3cc(F)c(F)cc32)CCC1=O. The fourth-order valence-corrected chi connectivity index (χ4v) is 2.77. The number of aryl methyl sites for hydroxylation is 1. The number of hydrazone groups is 1. The Morgan fingerprint density at radius 1 is 1.18 bits per heavy atom. The lowest BCUT2D eigenvalue weighted by molar-refractivity contribution is -0.130. The van der Waals surface area contributed by atoms with Crippen molar-refractivity contribution < 1.29 is 18.4 Å². The van der Waals surface area contributed by atoms with Gasteiger partial charge in [-0.15, -0.1) is 0 Å². The first-order valence-electron chi connectivity index (χ1n) is 7.11. The lowest BCUT2D eigenvalue weighted by Gasteiger charge is -2.31. The van der Waals surface area contributed by atoms with Crippen molar-refractivity contribution in [3.63, 3.8) is 0 Å². The van der Waals surface area contributed by atoms with Gasteiger partial charge in [-0.25, -0.2) is 13.8 Å². The van der Waals surface area contributed by atoms with Gasteiger partial charge in [0, 0.05) is 32.5 Å². The summed E-state index contributed by atoms with van der Waals surface area (Å²) in [5.41, 5.74) is 1.26. The van der Waals surface area contributed by atoms with Gasteiger partial charge < -0.3 is 4.90 Å². The largest absolute Gasteiger partial charge is 0.307 e. The van der Waals surface area contributed by atoms with E-state index in [4.69, 9.17) is 0 Å². The van der Waals surface area contributed by atoms with Crippen LogP contribution >= 0.6 is 0 Å². The van der Waals surface area contributed by atoms with E-state index >= 15 is 0 Å². The number of fused-ring (bicyclic) bond motifs is 1. The van der Waals surface area contributed by atoms with E-state index in [1.54, 1.807) is 0 Å². The third-order valence-electron chi connectivity index (χ3n) is 3.94. The lowest BCUT2D eigenvalue weighted by atomic mass is 10.00. The van der Waals surface area contributed by atoms with Crippen LogP contribution in [0.1, 0.15) is 24.8 Å². The summed E-state index contributed by atoms with van der Waals surface area (Å²) in [4.78, 5) is 25.4. The van der Waals surface area contributed by atoms with Gasteiger partial charge >= 0.3 is 0 Å². The third-order valence-corrected chi connectivity index (χ3v) is 3.94. The standard InChI is InChI=1S/C15H15F2N3O2/c1-19-14(21)5-4-12(18-19)15(22)20-6-2-3-9-7-10(16)11(17)8-13(9)20/h7-8H,2-6H2,1H3. The van der Waals surface area contributed by atoms with Crippen LogP contribution in [-0.4, -0.2) is 36.1 Å². The molecule has 0 radical (unpaired) electrons. The second-order valence-corrected chi connectivity index (χ2v) is 5.42. The molecule has 0 fully saturated rings. The number of carbonyl (C=O) groups is 2. The van der Waals surface area contributed by atoms with Crippen LogP contribution in [0.4, 0.5) is 14.5 Å². The van der Waals surface area contributed by atoms with Crippen LogP contribution in [0.3, 0.4) is 0 Å². The second-order valence-electron chi connectivity index (χ2n) is 5.42. The maximum Gasteiger partial charge on any atom is 0.274 e. The molecule has 2 heterocycles. The van der Waals surface area contributed by atoms with Crippen LogP contribution < -0.4 is 4.90 Å². The molecular formula is C15H15F2N3O2. The topological polar surface area (TPSA) is 53.0 Å². The van der Waals surface area contributed by atoms with Crippen LogP contribution in [0, 0.1) is 11.6 Å². The molecule has 2 aliphatic heterocycles. The summed E-state index contributed by atoms with van der Waals surface area (Å²) >= 11 is 0. The molecule has 7 heteroatoms. The van der Waals surface area contributed by atoms with Crippen molar-refractivity contribution in [2.45, 2.75) is 25.7 Å². The smallest absolute Gasteiger partial charge is 0.274 e. The number of benzene rings is 1. The van der Waals surface area contributed by atoms with Crippen molar-refractivity contribution in [2.24, 2.45) is 5.10 Å². The minimum atomic E-state index is -0.976. The number of hydrogen-bond donors (Lipinski definition) is 0. The highest BCUT2D eigenvalue weighted by Crippen LogP contribution is 2.30. The highest BCUT2D eigenvalue weighted by molar-refractivity contribution is 6.44. The zero-order chi connectivity index (χ0) is 15.9. The Morgan fingerprint density at radius 2 is 1.91 bits per heavy atom. The van der Waals surface area contributed by atoms with E-state index in [9.17, 15) is 18.4 Å². The van der Waals surface area contributed by atoms with Crippen LogP contribution in [0.2, 0.25) is 0 Å². The molecule has 0 bridgehead atoms. The summed E-state index contributed by atoms with van der Waals surface area (Å²) in [5.74, 6) is -2.39. The molecule has 0 spiro atoms. The number of rotatable bonds is 1. The Balaban J connectivity index is 1.94. The normalized spacial score (nSPS) is 18.1. The molecule has 22 heavy (non-hydrogen) atoms. The summed E-state index contributed by atoms with van der Waals surface area (Å²) in [7, 11) is 1.49. The van der Waals surface area contributed by atoms with Crippen molar-refractivity contribution in [3.8, 4) is 0 Å². The van der Waals surface area contributed by atoms with E-state index in [1.807, 2.05) is 0 Å². The summed E-state index contributed by atoms with van der Waals surface area (Å²) < 4.78 is 26.8. The Hall–Kier alpha value is -2.31. The van der Waals surface area contributed by atoms with E-state index in [1.165, 1.54) is 11.9 Å².